The Morgan fingerprint density at radius 2 is 0.547 bits per heavy atom. The zero-order valence-corrected chi connectivity index (χ0v) is 38.2. The molecule has 0 fully saturated rings. The van der Waals surface area contributed by atoms with Crippen LogP contribution in [0.1, 0.15) is 66.5 Å². The standard InChI is InChI=1S/C58H56N6/c1-55(2)51(41-29-37-49(38-30-41)63(45-21-13-9-14-22-45)46-23-15-10-16-24-46)61-53(57(55,5)6)59-43-33-35-44(36-34-43)60-54-58(7,8)56(3,4)52(62-54)42-31-39-50(40-32-42)64(47-25-17-11-18-26-47)48-27-19-12-20-28-48/h9-40H,1-8H3. The molecule has 0 saturated carbocycles. The number of anilines is 6. The summed E-state index contributed by atoms with van der Waals surface area (Å²) in [5.41, 5.74) is 11.4. The molecule has 6 nitrogen and oxygen atoms in total. The molecule has 0 amide bonds. The van der Waals surface area contributed by atoms with Crippen LogP contribution in [0, 0.1) is 21.7 Å². The molecule has 0 aromatic heterocycles. The predicted molar refractivity (Wildman–Crippen MR) is 271 cm³/mol. The molecular weight excluding hydrogens is 781 g/mol. The summed E-state index contributed by atoms with van der Waals surface area (Å²) in [6, 6.07) is 67.7. The highest BCUT2D eigenvalue weighted by atomic mass is 15.1. The Labute approximate surface area is 379 Å². The number of para-hydroxylation sites is 4. The monoisotopic (exact) mass is 836 g/mol. The minimum Gasteiger partial charge on any atom is -0.311 e. The van der Waals surface area contributed by atoms with Crippen LogP contribution in [0.3, 0.4) is 0 Å². The highest BCUT2D eigenvalue weighted by Gasteiger charge is 2.51. The van der Waals surface area contributed by atoms with Crippen LogP contribution in [-0.4, -0.2) is 23.1 Å². The van der Waals surface area contributed by atoms with E-state index in [0.29, 0.717) is 0 Å². The normalized spacial score (nSPS) is 18.1. The second-order valence-corrected chi connectivity index (χ2v) is 18.9. The summed E-state index contributed by atoms with van der Waals surface area (Å²) in [6.45, 7) is 18.1. The molecule has 0 unspecified atom stereocenters. The molecule has 0 atom stereocenters. The van der Waals surface area contributed by atoms with Crippen molar-refractivity contribution in [3.05, 3.63) is 205 Å². The second-order valence-electron chi connectivity index (χ2n) is 18.9. The van der Waals surface area contributed by atoms with E-state index in [1.165, 1.54) is 0 Å². The van der Waals surface area contributed by atoms with Crippen molar-refractivity contribution in [1.82, 2.24) is 0 Å². The summed E-state index contributed by atoms with van der Waals surface area (Å²) in [4.78, 5) is 25.5. The molecule has 0 aliphatic carbocycles. The van der Waals surface area contributed by atoms with E-state index >= 15 is 0 Å². The first-order valence-corrected chi connectivity index (χ1v) is 22.2. The summed E-state index contributed by atoms with van der Waals surface area (Å²) in [6.07, 6.45) is 0. The SMILES string of the molecule is CC1(C)C(=Nc2ccc(N=C3N=C(c4ccc(N(c5ccccc5)c5ccccc5)cc4)C(C)(C)C3(C)C)cc2)N=C(c2ccc(N(c3ccccc3)c3ccccc3)cc2)C1(C)C. The number of aliphatic imine (C=N–C) groups is 4. The van der Waals surface area contributed by atoms with Gasteiger partial charge in [-0.25, -0.2) is 20.0 Å². The van der Waals surface area contributed by atoms with E-state index in [9.17, 15) is 0 Å². The first-order chi connectivity index (χ1) is 30.8. The van der Waals surface area contributed by atoms with Crippen LogP contribution in [0.4, 0.5) is 45.5 Å². The van der Waals surface area contributed by atoms with E-state index < -0.39 is 0 Å². The van der Waals surface area contributed by atoms with Crippen LogP contribution in [-0.2, 0) is 0 Å². The fourth-order valence-electron chi connectivity index (χ4n) is 8.69. The van der Waals surface area contributed by atoms with Gasteiger partial charge in [-0.15, -0.1) is 0 Å². The molecule has 7 aromatic carbocycles. The molecule has 9 rings (SSSR count). The van der Waals surface area contributed by atoms with Crippen molar-refractivity contribution < 1.29 is 0 Å². The maximum Gasteiger partial charge on any atom is 0.135 e. The highest BCUT2D eigenvalue weighted by molar-refractivity contribution is 6.20. The lowest BCUT2D eigenvalue weighted by atomic mass is 9.65. The Morgan fingerprint density at radius 3 is 0.812 bits per heavy atom. The van der Waals surface area contributed by atoms with E-state index in [1.54, 1.807) is 0 Å². The smallest absolute Gasteiger partial charge is 0.135 e. The predicted octanol–water partition coefficient (Wildman–Crippen LogP) is 15.8. The molecule has 0 bridgehead atoms. The van der Waals surface area contributed by atoms with Crippen molar-refractivity contribution in [3.63, 3.8) is 0 Å². The van der Waals surface area contributed by atoms with Crippen LogP contribution in [0.2, 0.25) is 0 Å². The zero-order chi connectivity index (χ0) is 44.7. The fraction of sp³-hybridized carbons (Fsp3) is 0.207. The molecule has 0 radical (unpaired) electrons. The van der Waals surface area contributed by atoms with Crippen molar-refractivity contribution in [1.29, 1.82) is 0 Å². The molecule has 2 heterocycles. The molecule has 7 aromatic rings. The second kappa shape index (κ2) is 16.5. The van der Waals surface area contributed by atoms with Gasteiger partial charge in [-0.2, -0.15) is 0 Å². The third-order valence-corrected chi connectivity index (χ3v) is 14.0. The van der Waals surface area contributed by atoms with Gasteiger partial charge in [-0.05, 0) is 108 Å². The van der Waals surface area contributed by atoms with Crippen LogP contribution >= 0.6 is 0 Å². The lowest BCUT2D eigenvalue weighted by molar-refractivity contribution is 0.299. The molecule has 318 valence electrons. The number of amidine groups is 2. The third-order valence-electron chi connectivity index (χ3n) is 14.0. The summed E-state index contributed by atoms with van der Waals surface area (Å²) >= 11 is 0. The number of benzene rings is 7. The molecule has 6 heteroatoms. The summed E-state index contributed by atoms with van der Waals surface area (Å²) in [7, 11) is 0. The van der Waals surface area contributed by atoms with Gasteiger partial charge in [-0.1, -0.05) is 152 Å². The van der Waals surface area contributed by atoms with Crippen molar-refractivity contribution in [3.8, 4) is 0 Å². The van der Waals surface area contributed by atoms with Crippen molar-refractivity contribution in [2.75, 3.05) is 9.80 Å². The van der Waals surface area contributed by atoms with Gasteiger partial charge in [0.05, 0.1) is 22.8 Å². The van der Waals surface area contributed by atoms with Gasteiger partial charge in [0.25, 0.3) is 0 Å². The topological polar surface area (TPSA) is 55.9 Å². The minimum absolute atomic E-state index is 0.266. The maximum atomic E-state index is 5.28. The summed E-state index contributed by atoms with van der Waals surface area (Å²) in [5, 5.41) is 0. The van der Waals surface area contributed by atoms with Gasteiger partial charge in [0.15, 0.2) is 0 Å². The van der Waals surface area contributed by atoms with E-state index in [-0.39, 0.29) is 21.7 Å². The molecular formula is C58H56N6. The molecule has 64 heavy (non-hydrogen) atoms. The van der Waals surface area contributed by atoms with Crippen LogP contribution < -0.4 is 9.80 Å². The largest absolute Gasteiger partial charge is 0.311 e. The first-order valence-electron chi connectivity index (χ1n) is 22.2. The van der Waals surface area contributed by atoms with Crippen molar-refractivity contribution >= 4 is 68.6 Å². The summed E-state index contributed by atoms with van der Waals surface area (Å²) in [5.74, 6) is 1.64. The van der Waals surface area contributed by atoms with E-state index in [1.807, 2.05) is 24.3 Å². The first kappa shape index (κ1) is 42.1. The van der Waals surface area contributed by atoms with Gasteiger partial charge < -0.3 is 9.80 Å². The Balaban J connectivity index is 0.974. The lowest BCUT2D eigenvalue weighted by Crippen LogP contribution is -2.38. The molecule has 0 N–H and O–H groups in total. The van der Waals surface area contributed by atoms with Crippen LogP contribution in [0.15, 0.2) is 214 Å². The van der Waals surface area contributed by atoms with Gasteiger partial charge in [0, 0.05) is 55.8 Å². The quantitative estimate of drug-likeness (QED) is 0.138. The van der Waals surface area contributed by atoms with Crippen LogP contribution in [0.25, 0.3) is 0 Å². The molecule has 0 saturated heterocycles. The third kappa shape index (κ3) is 7.57. The van der Waals surface area contributed by atoms with Crippen LogP contribution in [0.5, 0.6) is 0 Å². The van der Waals surface area contributed by atoms with E-state index in [2.05, 4.69) is 235 Å². The van der Waals surface area contributed by atoms with E-state index in [0.717, 1.165) is 79.7 Å². The minimum atomic E-state index is -0.315. The Kier molecular flexibility index (Phi) is 10.9. The van der Waals surface area contributed by atoms with Gasteiger partial charge in [0.2, 0.25) is 0 Å². The van der Waals surface area contributed by atoms with E-state index in [4.69, 9.17) is 20.0 Å². The fourth-order valence-corrected chi connectivity index (χ4v) is 8.69. The number of hydrogen-bond acceptors (Lipinski definition) is 4. The molecule has 0 spiro atoms. The van der Waals surface area contributed by atoms with Crippen molar-refractivity contribution in [2.45, 2.75) is 55.4 Å². The zero-order valence-electron chi connectivity index (χ0n) is 38.2. The molecule has 2 aliphatic rings. The maximum absolute atomic E-state index is 5.28. The Hall–Kier alpha value is -7.18. The number of hydrogen-bond donors (Lipinski definition) is 0. The summed E-state index contributed by atoms with van der Waals surface area (Å²) < 4.78 is 0. The van der Waals surface area contributed by atoms with Gasteiger partial charge in [-0.3, -0.25) is 0 Å². The van der Waals surface area contributed by atoms with Gasteiger partial charge in [0.1, 0.15) is 11.7 Å². The van der Waals surface area contributed by atoms with Gasteiger partial charge >= 0.3 is 0 Å². The average Bonchev–Trinajstić information content (AvgIpc) is 3.60. The molecule has 2 aliphatic heterocycles. The number of nitrogens with zero attached hydrogens (tertiary/aromatic N) is 6. The lowest BCUT2D eigenvalue weighted by Gasteiger charge is -2.35. The highest BCUT2D eigenvalue weighted by Crippen LogP contribution is 2.50. The Bertz CT molecular complexity index is 2590. The number of rotatable bonds is 10. The average molecular weight is 837 g/mol. The van der Waals surface area contributed by atoms with Crippen molar-refractivity contribution in [2.24, 2.45) is 41.6 Å². The Morgan fingerprint density at radius 1 is 0.297 bits per heavy atom.